The molecule has 86 valence electrons. The maximum atomic E-state index is 11.2. The van der Waals surface area contributed by atoms with Gasteiger partial charge in [-0.1, -0.05) is 18.2 Å². The topological polar surface area (TPSA) is 75.6 Å². The van der Waals surface area contributed by atoms with Crippen molar-refractivity contribution in [1.82, 2.24) is 5.32 Å². The number of nitrogens with one attached hydrogen (secondary N) is 1. The molecule has 0 heterocycles. The molecular weight excluding hydrogens is 210 g/mol. The summed E-state index contributed by atoms with van der Waals surface area (Å²) >= 11 is 0. The summed E-state index contributed by atoms with van der Waals surface area (Å²) in [4.78, 5) is 21.7. The van der Waals surface area contributed by atoms with E-state index in [1.165, 1.54) is 6.92 Å². The molecule has 5 nitrogen and oxygen atoms in total. The van der Waals surface area contributed by atoms with Crippen molar-refractivity contribution in [2.45, 2.75) is 13.0 Å². The standard InChI is InChI=1S/C11H13NO4/c1-8(11(14)15)12-10(13)7-16-9-5-3-2-4-6-9/h2-6,8H,7H2,1H3,(H,12,13)(H,14,15)/t8-/m0/s1. The van der Waals surface area contributed by atoms with Crippen molar-refractivity contribution in [2.24, 2.45) is 0 Å². The van der Waals surface area contributed by atoms with E-state index in [0.717, 1.165) is 0 Å². The molecule has 1 rings (SSSR count). The molecule has 1 aromatic carbocycles. The lowest BCUT2D eigenvalue weighted by Crippen LogP contribution is -2.40. The molecule has 0 unspecified atom stereocenters. The Morgan fingerprint density at radius 2 is 2.00 bits per heavy atom. The fraction of sp³-hybridized carbons (Fsp3) is 0.273. The van der Waals surface area contributed by atoms with Gasteiger partial charge in [-0.05, 0) is 19.1 Å². The number of benzene rings is 1. The van der Waals surface area contributed by atoms with Crippen LogP contribution in [0, 0.1) is 0 Å². The van der Waals surface area contributed by atoms with E-state index < -0.39 is 17.9 Å². The number of amides is 1. The zero-order chi connectivity index (χ0) is 12.0. The average molecular weight is 223 g/mol. The summed E-state index contributed by atoms with van der Waals surface area (Å²) in [5.41, 5.74) is 0. The lowest BCUT2D eigenvalue weighted by atomic mass is 10.3. The monoisotopic (exact) mass is 223 g/mol. The van der Waals surface area contributed by atoms with Crippen LogP contribution in [0.1, 0.15) is 6.92 Å². The summed E-state index contributed by atoms with van der Waals surface area (Å²) in [6, 6.07) is 7.92. The van der Waals surface area contributed by atoms with Crippen LogP contribution in [0.2, 0.25) is 0 Å². The largest absolute Gasteiger partial charge is 0.484 e. The van der Waals surface area contributed by atoms with Gasteiger partial charge in [0, 0.05) is 0 Å². The van der Waals surface area contributed by atoms with Crippen LogP contribution in [-0.4, -0.2) is 29.6 Å². The first-order valence-electron chi connectivity index (χ1n) is 4.79. The number of carboxylic acids is 1. The zero-order valence-corrected chi connectivity index (χ0v) is 8.84. The number of aliphatic carboxylic acids is 1. The van der Waals surface area contributed by atoms with Gasteiger partial charge in [0.15, 0.2) is 6.61 Å². The van der Waals surface area contributed by atoms with Gasteiger partial charge in [-0.25, -0.2) is 0 Å². The molecule has 2 N–H and O–H groups in total. The van der Waals surface area contributed by atoms with Crippen LogP contribution in [0.4, 0.5) is 0 Å². The van der Waals surface area contributed by atoms with Gasteiger partial charge in [-0.2, -0.15) is 0 Å². The molecule has 0 spiro atoms. The van der Waals surface area contributed by atoms with Crippen LogP contribution in [0.25, 0.3) is 0 Å². The van der Waals surface area contributed by atoms with Gasteiger partial charge < -0.3 is 15.2 Å². The molecule has 0 radical (unpaired) electrons. The zero-order valence-electron chi connectivity index (χ0n) is 8.84. The molecule has 0 saturated heterocycles. The molecule has 0 saturated carbocycles. The van der Waals surface area contributed by atoms with Gasteiger partial charge in [0.25, 0.3) is 5.91 Å². The Balaban J connectivity index is 2.33. The van der Waals surface area contributed by atoms with Crippen molar-refractivity contribution in [3.63, 3.8) is 0 Å². The maximum Gasteiger partial charge on any atom is 0.325 e. The van der Waals surface area contributed by atoms with Crippen molar-refractivity contribution < 1.29 is 19.4 Å². The van der Waals surface area contributed by atoms with Gasteiger partial charge in [0.1, 0.15) is 11.8 Å². The SMILES string of the molecule is C[C@H](NC(=O)COc1ccccc1)C(=O)O. The molecule has 0 aromatic heterocycles. The second kappa shape index (κ2) is 5.75. The highest BCUT2D eigenvalue weighted by atomic mass is 16.5. The van der Waals surface area contributed by atoms with Crippen LogP contribution in [0.5, 0.6) is 5.75 Å². The van der Waals surface area contributed by atoms with Crippen LogP contribution in [0.3, 0.4) is 0 Å². The van der Waals surface area contributed by atoms with Crippen LogP contribution < -0.4 is 10.1 Å². The average Bonchev–Trinajstić information content (AvgIpc) is 2.27. The number of hydrogen-bond donors (Lipinski definition) is 2. The molecule has 1 aromatic rings. The van der Waals surface area contributed by atoms with E-state index in [0.29, 0.717) is 5.75 Å². The van der Waals surface area contributed by atoms with Crippen molar-refractivity contribution in [1.29, 1.82) is 0 Å². The van der Waals surface area contributed by atoms with E-state index >= 15 is 0 Å². The summed E-state index contributed by atoms with van der Waals surface area (Å²) in [7, 11) is 0. The van der Waals surface area contributed by atoms with E-state index in [-0.39, 0.29) is 6.61 Å². The Labute approximate surface area is 93.0 Å². The van der Waals surface area contributed by atoms with Crippen molar-refractivity contribution in [3.05, 3.63) is 30.3 Å². The number of carbonyl (C=O) groups excluding carboxylic acids is 1. The van der Waals surface area contributed by atoms with Crippen molar-refractivity contribution in [3.8, 4) is 5.75 Å². The first-order valence-corrected chi connectivity index (χ1v) is 4.79. The van der Waals surface area contributed by atoms with Crippen LogP contribution in [-0.2, 0) is 9.59 Å². The van der Waals surface area contributed by atoms with E-state index in [1.807, 2.05) is 6.07 Å². The first-order chi connectivity index (χ1) is 7.59. The maximum absolute atomic E-state index is 11.2. The molecule has 0 aliphatic rings. The van der Waals surface area contributed by atoms with Gasteiger partial charge in [0.05, 0.1) is 0 Å². The third kappa shape index (κ3) is 4.00. The minimum Gasteiger partial charge on any atom is -0.484 e. The van der Waals surface area contributed by atoms with Crippen molar-refractivity contribution >= 4 is 11.9 Å². The fourth-order valence-corrected chi connectivity index (χ4v) is 1.01. The third-order valence-corrected chi connectivity index (χ3v) is 1.86. The summed E-state index contributed by atoms with van der Waals surface area (Å²) < 4.78 is 5.14. The van der Waals surface area contributed by atoms with Crippen LogP contribution in [0.15, 0.2) is 30.3 Å². The highest BCUT2D eigenvalue weighted by Gasteiger charge is 2.13. The van der Waals surface area contributed by atoms with E-state index in [2.05, 4.69) is 5.32 Å². The lowest BCUT2D eigenvalue weighted by molar-refractivity contribution is -0.141. The second-order valence-corrected chi connectivity index (χ2v) is 3.23. The van der Waals surface area contributed by atoms with Gasteiger partial charge in [-0.3, -0.25) is 9.59 Å². The number of rotatable bonds is 5. The predicted octanol–water partition coefficient (Wildman–Crippen LogP) is 0.655. The predicted molar refractivity (Wildman–Crippen MR) is 57.2 cm³/mol. The molecule has 0 fully saturated rings. The Kier molecular flexibility index (Phi) is 4.32. The Bertz CT molecular complexity index is 364. The highest BCUT2D eigenvalue weighted by molar-refractivity contribution is 5.84. The summed E-state index contributed by atoms with van der Waals surface area (Å²) in [6.45, 7) is 1.20. The molecular formula is C11H13NO4. The molecule has 0 aliphatic carbocycles. The van der Waals surface area contributed by atoms with Gasteiger partial charge >= 0.3 is 5.97 Å². The highest BCUT2D eigenvalue weighted by Crippen LogP contribution is 2.07. The normalized spacial score (nSPS) is 11.6. The molecule has 5 heteroatoms. The lowest BCUT2D eigenvalue weighted by Gasteiger charge is -2.10. The van der Waals surface area contributed by atoms with Crippen LogP contribution >= 0.6 is 0 Å². The smallest absolute Gasteiger partial charge is 0.325 e. The Hall–Kier alpha value is -2.04. The van der Waals surface area contributed by atoms with Gasteiger partial charge in [0.2, 0.25) is 0 Å². The van der Waals surface area contributed by atoms with E-state index in [4.69, 9.17) is 9.84 Å². The number of para-hydroxylation sites is 1. The first kappa shape index (κ1) is 12.0. The summed E-state index contributed by atoms with van der Waals surface area (Å²) in [5, 5.41) is 10.8. The molecule has 1 atom stereocenters. The summed E-state index contributed by atoms with van der Waals surface area (Å²) in [5.74, 6) is -0.965. The summed E-state index contributed by atoms with van der Waals surface area (Å²) in [6.07, 6.45) is 0. The molecule has 16 heavy (non-hydrogen) atoms. The third-order valence-electron chi connectivity index (χ3n) is 1.86. The van der Waals surface area contributed by atoms with E-state index in [1.54, 1.807) is 24.3 Å². The molecule has 1 amide bonds. The number of carboxylic acid groups (broad SMARTS) is 1. The number of ether oxygens (including phenoxy) is 1. The minimum absolute atomic E-state index is 0.193. The Morgan fingerprint density at radius 3 is 2.56 bits per heavy atom. The molecule has 0 aliphatic heterocycles. The quantitative estimate of drug-likeness (QED) is 0.768. The number of hydrogen-bond acceptors (Lipinski definition) is 3. The van der Waals surface area contributed by atoms with Gasteiger partial charge in [-0.15, -0.1) is 0 Å². The molecule has 0 bridgehead atoms. The number of carbonyl (C=O) groups is 2. The van der Waals surface area contributed by atoms with Crippen molar-refractivity contribution in [2.75, 3.05) is 6.61 Å². The second-order valence-electron chi connectivity index (χ2n) is 3.23. The minimum atomic E-state index is -1.08. The Morgan fingerprint density at radius 1 is 1.38 bits per heavy atom. The fourth-order valence-electron chi connectivity index (χ4n) is 1.01. The van der Waals surface area contributed by atoms with E-state index in [9.17, 15) is 9.59 Å².